The second-order valence-electron chi connectivity index (χ2n) is 4.88. The molecule has 0 atom stereocenters. The highest BCUT2D eigenvalue weighted by Gasteiger charge is 2.19. The SMILES string of the molecule is CNc1ccc([N+](=O)[O-])cc1C(=O)Nc1cc(Cl)c(OC)cc1OC. The van der Waals surface area contributed by atoms with Gasteiger partial charge in [-0.3, -0.25) is 14.9 Å². The summed E-state index contributed by atoms with van der Waals surface area (Å²) in [6.45, 7) is 0. The van der Waals surface area contributed by atoms with Crippen LogP contribution in [0, 0.1) is 10.1 Å². The molecule has 2 aromatic rings. The molecule has 2 aromatic carbocycles. The van der Waals surface area contributed by atoms with E-state index in [9.17, 15) is 14.9 Å². The Morgan fingerprint density at radius 3 is 2.36 bits per heavy atom. The Bertz CT molecular complexity index is 826. The van der Waals surface area contributed by atoms with Crippen LogP contribution in [0.3, 0.4) is 0 Å². The summed E-state index contributed by atoms with van der Waals surface area (Å²) in [5.74, 6) is 0.182. The molecule has 0 heterocycles. The van der Waals surface area contributed by atoms with E-state index in [0.29, 0.717) is 22.9 Å². The van der Waals surface area contributed by atoms with Crippen LogP contribution in [-0.4, -0.2) is 32.1 Å². The van der Waals surface area contributed by atoms with E-state index in [4.69, 9.17) is 21.1 Å². The molecule has 0 bridgehead atoms. The average molecular weight is 366 g/mol. The fourth-order valence-electron chi connectivity index (χ4n) is 2.20. The predicted molar refractivity (Wildman–Crippen MR) is 95.2 cm³/mol. The number of hydrogen-bond donors (Lipinski definition) is 2. The Labute approximate surface area is 148 Å². The summed E-state index contributed by atoms with van der Waals surface area (Å²) in [4.78, 5) is 23.0. The van der Waals surface area contributed by atoms with Gasteiger partial charge in [0.1, 0.15) is 11.5 Å². The monoisotopic (exact) mass is 365 g/mol. The molecule has 0 unspecified atom stereocenters. The Balaban J connectivity index is 2.41. The molecule has 0 saturated carbocycles. The van der Waals surface area contributed by atoms with E-state index in [0.717, 1.165) is 0 Å². The van der Waals surface area contributed by atoms with E-state index < -0.39 is 10.8 Å². The molecule has 9 heteroatoms. The third kappa shape index (κ3) is 3.92. The van der Waals surface area contributed by atoms with E-state index in [1.54, 1.807) is 7.05 Å². The first kappa shape index (κ1) is 18.3. The molecular formula is C16H16ClN3O5. The lowest BCUT2D eigenvalue weighted by atomic mass is 10.1. The van der Waals surface area contributed by atoms with Crippen molar-refractivity contribution in [2.75, 3.05) is 31.9 Å². The lowest BCUT2D eigenvalue weighted by Gasteiger charge is -2.14. The smallest absolute Gasteiger partial charge is 0.270 e. The van der Waals surface area contributed by atoms with Gasteiger partial charge in [0.05, 0.1) is 35.4 Å². The zero-order chi connectivity index (χ0) is 18.6. The molecule has 2 rings (SSSR count). The Morgan fingerprint density at radius 2 is 1.80 bits per heavy atom. The fraction of sp³-hybridized carbons (Fsp3) is 0.188. The van der Waals surface area contributed by atoms with Gasteiger partial charge in [-0.05, 0) is 12.1 Å². The van der Waals surface area contributed by atoms with E-state index in [2.05, 4.69) is 10.6 Å². The van der Waals surface area contributed by atoms with E-state index in [1.807, 2.05) is 0 Å². The number of hydrogen-bond acceptors (Lipinski definition) is 6. The normalized spacial score (nSPS) is 10.1. The molecule has 0 saturated heterocycles. The van der Waals surface area contributed by atoms with Gasteiger partial charge in [-0.1, -0.05) is 11.6 Å². The molecule has 2 N–H and O–H groups in total. The molecule has 0 aliphatic heterocycles. The Hall–Kier alpha value is -3.00. The minimum Gasteiger partial charge on any atom is -0.495 e. The quantitative estimate of drug-likeness (QED) is 0.599. The van der Waals surface area contributed by atoms with Gasteiger partial charge in [0.25, 0.3) is 11.6 Å². The third-order valence-corrected chi connectivity index (χ3v) is 3.75. The highest BCUT2D eigenvalue weighted by atomic mass is 35.5. The number of anilines is 2. The fourth-order valence-corrected chi connectivity index (χ4v) is 2.44. The molecule has 1 amide bonds. The van der Waals surface area contributed by atoms with Crippen molar-refractivity contribution < 1.29 is 19.2 Å². The summed E-state index contributed by atoms with van der Waals surface area (Å²) in [6, 6.07) is 6.98. The Kier molecular flexibility index (Phi) is 5.66. The van der Waals surface area contributed by atoms with Crippen LogP contribution in [0.1, 0.15) is 10.4 Å². The molecule has 0 aliphatic carbocycles. The number of rotatable bonds is 6. The summed E-state index contributed by atoms with van der Waals surface area (Å²) in [5.41, 5.74) is 0.683. The minimum atomic E-state index is -0.568. The summed E-state index contributed by atoms with van der Waals surface area (Å²) in [6.07, 6.45) is 0. The van der Waals surface area contributed by atoms with Gasteiger partial charge < -0.3 is 20.1 Å². The molecule has 8 nitrogen and oxygen atoms in total. The van der Waals surface area contributed by atoms with Crippen molar-refractivity contribution in [3.05, 3.63) is 51.0 Å². The van der Waals surface area contributed by atoms with E-state index >= 15 is 0 Å². The predicted octanol–water partition coefficient (Wildman–Crippen LogP) is 3.56. The number of nitrogens with zero attached hydrogens (tertiary/aromatic N) is 1. The molecule has 0 aromatic heterocycles. The second-order valence-corrected chi connectivity index (χ2v) is 5.29. The van der Waals surface area contributed by atoms with E-state index in [1.165, 1.54) is 44.6 Å². The van der Waals surface area contributed by atoms with Crippen molar-refractivity contribution in [1.29, 1.82) is 0 Å². The van der Waals surface area contributed by atoms with Gasteiger partial charge in [0, 0.05) is 30.9 Å². The number of halogens is 1. The van der Waals surface area contributed by atoms with Crippen LogP contribution in [-0.2, 0) is 0 Å². The van der Waals surface area contributed by atoms with Gasteiger partial charge in [0.2, 0.25) is 0 Å². The number of benzene rings is 2. The highest BCUT2D eigenvalue weighted by Crippen LogP contribution is 2.36. The van der Waals surface area contributed by atoms with Gasteiger partial charge >= 0.3 is 0 Å². The van der Waals surface area contributed by atoms with Crippen molar-refractivity contribution in [2.24, 2.45) is 0 Å². The van der Waals surface area contributed by atoms with Crippen LogP contribution in [0.5, 0.6) is 11.5 Å². The van der Waals surface area contributed by atoms with Crippen molar-refractivity contribution in [1.82, 2.24) is 0 Å². The first-order valence-electron chi connectivity index (χ1n) is 7.10. The lowest BCUT2D eigenvalue weighted by molar-refractivity contribution is -0.384. The third-order valence-electron chi connectivity index (χ3n) is 3.45. The second kappa shape index (κ2) is 7.71. The van der Waals surface area contributed by atoms with Gasteiger partial charge in [-0.15, -0.1) is 0 Å². The first-order chi connectivity index (χ1) is 11.9. The average Bonchev–Trinajstić information content (AvgIpc) is 2.61. The maximum atomic E-state index is 12.6. The summed E-state index contributed by atoms with van der Waals surface area (Å²) >= 11 is 6.08. The number of nitrogens with one attached hydrogen (secondary N) is 2. The number of nitro benzene ring substituents is 1. The number of carbonyl (C=O) groups is 1. The molecule has 0 radical (unpaired) electrons. The van der Waals surface area contributed by atoms with Gasteiger partial charge in [-0.2, -0.15) is 0 Å². The number of methoxy groups -OCH3 is 2. The van der Waals surface area contributed by atoms with Crippen LogP contribution >= 0.6 is 11.6 Å². The molecule has 0 spiro atoms. The van der Waals surface area contributed by atoms with Crippen molar-refractivity contribution >= 4 is 34.6 Å². The number of nitro groups is 1. The van der Waals surface area contributed by atoms with E-state index in [-0.39, 0.29) is 16.3 Å². The maximum absolute atomic E-state index is 12.6. The van der Waals surface area contributed by atoms with Gasteiger partial charge in [-0.25, -0.2) is 0 Å². The van der Waals surface area contributed by atoms with Crippen LogP contribution < -0.4 is 20.1 Å². The van der Waals surface area contributed by atoms with Crippen LogP contribution in [0.25, 0.3) is 0 Å². The van der Waals surface area contributed by atoms with Crippen LogP contribution in [0.15, 0.2) is 30.3 Å². The zero-order valence-electron chi connectivity index (χ0n) is 13.8. The minimum absolute atomic E-state index is 0.116. The zero-order valence-corrected chi connectivity index (χ0v) is 14.5. The summed E-state index contributed by atoms with van der Waals surface area (Å²) in [5, 5.41) is 16.7. The molecular weight excluding hydrogens is 350 g/mol. The standard InChI is InChI=1S/C16H16ClN3O5/c1-18-12-5-4-9(20(22)23)6-10(12)16(21)19-13-7-11(17)14(24-2)8-15(13)25-3/h4-8,18H,1-3H3,(H,19,21). The first-order valence-corrected chi connectivity index (χ1v) is 7.48. The largest absolute Gasteiger partial charge is 0.495 e. The molecule has 25 heavy (non-hydrogen) atoms. The highest BCUT2D eigenvalue weighted by molar-refractivity contribution is 6.32. The lowest BCUT2D eigenvalue weighted by Crippen LogP contribution is -2.15. The molecule has 132 valence electrons. The topological polar surface area (TPSA) is 103 Å². The van der Waals surface area contributed by atoms with Crippen LogP contribution in [0.4, 0.5) is 17.1 Å². The number of carbonyl (C=O) groups excluding carboxylic acids is 1. The van der Waals surface area contributed by atoms with Crippen LogP contribution in [0.2, 0.25) is 5.02 Å². The summed E-state index contributed by atoms with van der Waals surface area (Å²) in [7, 11) is 4.51. The maximum Gasteiger partial charge on any atom is 0.270 e. The summed E-state index contributed by atoms with van der Waals surface area (Å²) < 4.78 is 10.3. The Morgan fingerprint density at radius 1 is 1.12 bits per heavy atom. The number of non-ortho nitro benzene ring substituents is 1. The number of amides is 1. The van der Waals surface area contributed by atoms with Crippen molar-refractivity contribution in [2.45, 2.75) is 0 Å². The van der Waals surface area contributed by atoms with Crippen molar-refractivity contribution in [3.63, 3.8) is 0 Å². The van der Waals surface area contributed by atoms with Gasteiger partial charge in [0.15, 0.2) is 0 Å². The molecule has 0 fully saturated rings. The number of ether oxygens (including phenoxy) is 2. The molecule has 0 aliphatic rings. The van der Waals surface area contributed by atoms with Crippen molar-refractivity contribution in [3.8, 4) is 11.5 Å².